The third kappa shape index (κ3) is 6.80. The molecule has 0 radical (unpaired) electrons. The second-order valence-corrected chi connectivity index (χ2v) is 4.04. The summed E-state index contributed by atoms with van der Waals surface area (Å²) in [5.41, 5.74) is 0. The van der Waals surface area contributed by atoms with Crippen molar-refractivity contribution in [3.05, 3.63) is 0 Å². The summed E-state index contributed by atoms with van der Waals surface area (Å²) < 4.78 is 30.5. The summed E-state index contributed by atoms with van der Waals surface area (Å²) in [5, 5.41) is 0. The van der Waals surface area contributed by atoms with Gasteiger partial charge in [-0.2, -0.15) is 8.42 Å². The number of carbonyl (C=O) groups is 1. The minimum atomic E-state index is -3.82. The lowest BCUT2D eigenvalue weighted by Gasteiger charge is -2.03. The summed E-state index contributed by atoms with van der Waals surface area (Å²) in [6, 6.07) is 0. The van der Waals surface area contributed by atoms with Crippen molar-refractivity contribution >= 4 is 27.7 Å². The summed E-state index contributed by atoms with van der Waals surface area (Å²) in [5.74, 6) is -1.53. The van der Waals surface area contributed by atoms with Crippen LogP contribution in [0.15, 0.2) is 0 Å². The first-order valence-electron chi connectivity index (χ1n) is 3.60. The Labute approximate surface area is 82.1 Å². The lowest BCUT2D eigenvalue weighted by atomic mass is 10.8. The highest BCUT2D eigenvalue weighted by molar-refractivity contribution is 7.87. The summed E-state index contributed by atoms with van der Waals surface area (Å²) in [7, 11) is -3.82. The molecule has 0 rings (SSSR count). The van der Waals surface area contributed by atoms with Gasteiger partial charge in [0.15, 0.2) is 5.75 Å². The van der Waals surface area contributed by atoms with Gasteiger partial charge >= 0.3 is 5.97 Å². The van der Waals surface area contributed by atoms with Crippen molar-refractivity contribution in [3.8, 4) is 0 Å². The Hall–Kier alpha value is -0.330. The Morgan fingerprint density at radius 1 is 1.46 bits per heavy atom. The van der Waals surface area contributed by atoms with Crippen LogP contribution in [0.5, 0.6) is 0 Å². The van der Waals surface area contributed by atoms with Gasteiger partial charge in [-0.1, -0.05) is 0 Å². The van der Waals surface area contributed by atoms with Gasteiger partial charge in [0, 0.05) is 5.88 Å². The molecule has 0 N–H and O–H groups in total. The monoisotopic (exact) mass is 230 g/mol. The summed E-state index contributed by atoms with van der Waals surface area (Å²) in [4.78, 5) is 10.7. The van der Waals surface area contributed by atoms with Crippen LogP contribution in [0.25, 0.3) is 0 Å². The smallest absolute Gasteiger partial charge is 0.323 e. The van der Waals surface area contributed by atoms with Crippen LogP contribution in [-0.2, 0) is 23.8 Å². The number of carbonyl (C=O) groups excluding carboxylic acids is 1. The van der Waals surface area contributed by atoms with Crippen molar-refractivity contribution < 1.29 is 22.1 Å². The first kappa shape index (κ1) is 12.7. The van der Waals surface area contributed by atoms with Crippen LogP contribution in [0.1, 0.15) is 6.92 Å². The zero-order valence-corrected chi connectivity index (χ0v) is 8.73. The highest BCUT2D eigenvalue weighted by Gasteiger charge is 2.17. The van der Waals surface area contributed by atoms with E-state index in [0.29, 0.717) is 0 Å². The molecule has 0 aromatic heterocycles. The number of esters is 1. The van der Waals surface area contributed by atoms with Gasteiger partial charge in [-0.25, -0.2) is 0 Å². The normalized spacial score (nSPS) is 11.2. The molecule has 0 fully saturated rings. The van der Waals surface area contributed by atoms with Crippen LogP contribution in [0.4, 0.5) is 0 Å². The van der Waals surface area contributed by atoms with Gasteiger partial charge in [0.25, 0.3) is 10.1 Å². The quantitative estimate of drug-likeness (QED) is 0.369. The van der Waals surface area contributed by atoms with Crippen molar-refractivity contribution in [2.45, 2.75) is 6.92 Å². The molecule has 7 heteroatoms. The molecule has 0 saturated carbocycles. The van der Waals surface area contributed by atoms with Gasteiger partial charge in [0.05, 0.1) is 13.2 Å². The predicted molar refractivity (Wildman–Crippen MR) is 47.1 cm³/mol. The molecule has 0 aliphatic heterocycles. The first-order valence-corrected chi connectivity index (χ1v) is 5.71. The summed E-state index contributed by atoms with van der Waals surface area (Å²) in [6.45, 7) is 1.59. The summed E-state index contributed by atoms with van der Waals surface area (Å²) in [6.07, 6.45) is 0. The maximum atomic E-state index is 10.9. The fourth-order valence-corrected chi connectivity index (χ4v) is 1.51. The second kappa shape index (κ2) is 6.17. The van der Waals surface area contributed by atoms with Crippen LogP contribution >= 0.6 is 11.6 Å². The standard InChI is InChI=1S/C6H11ClO5S/c1-2-11-6(8)5-13(9,10)12-4-3-7/h2-5H2,1H3. The fourth-order valence-electron chi connectivity index (χ4n) is 0.547. The average molecular weight is 231 g/mol. The van der Waals surface area contributed by atoms with E-state index >= 15 is 0 Å². The zero-order valence-electron chi connectivity index (χ0n) is 7.16. The third-order valence-corrected chi connectivity index (χ3v) is 2.21. The molecule has 0 aliphatic rings. The SMILES string of the molecule is CCOC(=O)CS(=O)(=O)OCCCl. The number of hydrogen-bond acceptors (Lipinski definition) is 5. The lowest BCUT2D eigenvalue weighted by molar-refractivity contribution is -0.140. The molecular formula is C6H11ClO5S. The van der Waals surface area contributed by atoms with Crippen LogP contribution < -0.4 is 0 Å². The van der Waals surface area contributed by atoms with E-state index in [0.717, 1.165) is 0 Å². The first-order chi connectivity index (χ1) is 6.02. The van der Waals surface area contributed by atoms with E-state index in [1.54, 1.807) is 6.92 Å². The number of halogens is 1. The fraction of sp³-hybridized carbons (Fsp3) is 0.833. The van der Waals surface area contributed by atoms with Gasteiger partial charge in [0.1, 0.15) is 0 Å². The number of hydrogen-bond donors (Lipinski definition) is 0. The molecule has 0 aromatic carbocycles. The maximum absolute atomic E-state index is 10.9. The molecule has 0 unspecified atom stereocenters. The molecule has 0 aromatic rings. The number of ether oxygens (including phenoxy) is 1. The molecule has 0 heterocycles. The van der Waals surface area contributed by atoms with E-state index in [9.17, 15) is 13.2 Å². The zero-order chi connectivity index (χ0) is 10.3. The molecule has 0 atom stereocenters. The molecule has 0 amide bonds. The highest BCUT2D eigenvalue weighted by atomic mass is 35.5. The minimum absolute atomic E-state index is 0.0576. The van der Waals surface area contributed by atoms with E-state index in [-0.39, 0.29) is 19.1 Å². The molecule has 0 aliphatic carbocycles. The topological polar surface area (TPSA) is 69.7 Å². The van der Waals surface area contributed by atoms with Gasteiger partial charge in [-0.05, 0) is 6.92 Å². The van der Waals surface area contributed by atoms with E-state index in [1.807, 2.05) is 0 Å². The van der Waals surface area contributed by atoms with Crippen molar-refractivity contribution in [1.82, 2.24) is 0 Å². The van der Waals surface area contributed by atoms with Crippen LogP contribution in [0.2, 0.25) is 0 Å². The molecule has 5 nitrogen and oxygen atoms in total. The van der Waals surface area contributed by atoms with Gasteiger partial charge in [0.2, 0.25) is 0 Å². The molecule has 0 saturated heterocycles. The van der Waals surface area contributed by atoms with Crippen molar-refractivity contribution in [1.29, 1.82) is 0 Å². The van der Waals surface area contributed by atoms with Crippen LogP contribution in [-0.4, -0.2) is 39.2 Å². The van der Waals surface area contributed by atoms with Crippen LogP contribution in [0, 0.1) is 0 Å². The second-order valence-electron chi connectivity index (χ2n) is 2.02. The summed E-state index contributed by atoms with van der Waals surface area (Å²) >= 11 is 5.20. The molecule has 0 bridgehead atoms. The maximum Gasteiger partial charge on any atom is 0.323 e. The Morgan fingerprint density at radius 2 is 2.08 bits per heavy atom. The van der Waals surface area contributed by atoms with Crippen molar-refractivity contribution in [2.24, 2.45) is 0 Å². The van der Waals surface area contributed by atoms with Gasteiger partial charge < -0.3 is 4.74 Å². The highest BCUT2D eigenvalue weighted by Crippen LogP contribution is 1.95. The Morgan fingerprint density at radius 3 is 2.54 bits per heavy atom. The van der Waals surface area contributed by atoms with Gasteiger partial charge in [-0.15, -0.1) is 11.6 Å². The van der Waals surface area contributed by atoms with E-state index in [4.69, 9.17) is 11.6 Å². The average Bonchev–Trinajstić information content (AvgIpc) is 2.00. The van der Waals surface area contributed by atoms with E-state index < -0.39 is 21.8 Å². The molecular weight excluding hydrogens is 220 g/mol. The largest absolute Gasteiger partial charge is 0.465 e. The number of alkyl halides is 1. The van der Waals surface area contributed by atoms with Crippen molar-refractivity contribution in [3.63, 3.8) is 0 Å². The molecule has 0 spiro atoms. The third-order valence-electron chi connectivity index (χ3n) is 0.940. The Kier molecular flexibility index (Phi) is 6.02. The van der Waals surface area contributed by atoms with Crippen molar-refractivity contribution in [2.75, 3.05) is 24.8 Å². The molecule has 13 heavy (non-hydrogen) atoms. The van der Waals surface area contributed by atoms with Gasteiger partial charge in [-0.3, -0.25) is 8.98 Å². The molecule has 78 valence electrons. The number of rotatable bonds is 6. The lowest BCUT2D eigenvalue weighted by Crippen LogP contribution is -2.21. The Balaban J connectivity index is 3.95. The van der Waals surface area contributed by atoms with E-state index in [1.165, 1.54) is 0 Å². The van der Waals surface area contributed by atoms with Crippen LogP contribution in [0.3, 0.4) is 0 Å². The predicted octanol–water partition coefficient (Wildman–Crippen LogP) is 0.135. The minimum Gasteiger partial charge on any atom is -0.465 e. The van der Waals surface area contributed by atoms with E-state index in [2.05, 4.69) is 8.92 Å². The Bertz CT molecular complexity index is 248.